The molecular weight excluding hydrogens is 343 g/mol. The van der Waals surface area contributed by atoms with Crippen LogP contribution in [0.4, 0.5) is 13.2 Å². The van der Waals surface area contributed by atoms with Gasteiger partial charge in [-0.05, 0) is 49.2 Å². The number of amides is 1. The number of halogens is 3. The number of nitrogens with zero attached hydrogens (tertiary/aromatic N) is 2. The lowest BCUT2D eigenvalue weighted by Gasteiger charge is -2.13. The fourth-order valence-corrected chi connectivity index (χ4v) is 2.69. The van der Waals surface area contributed by atoms with Crippen LogP contribution in [0.3, 0.4) is 0 Å². The van der Waals surface area contributed by atoms with Crippen molar-refractivity contribution in [1.29, 1.82) is 0 Å². The van der Waals surface area contributed by atoms with Gasteiger partial charge in [0, 0.05) is 18.1 Å². The minimum atomic E-state index is -4.42. The molecule has 2 aromatic heterocycles. The molecule has 1 amide bonds. The van der Waals surface area contributed by atoms with Crippen LogP contribution in [0.1, 0.15) is 32.7 Å². The van der Waals surface area contributed by atoms with Crippen LogP contribution in [0.2, 0.25) is 0 Å². The molecule has 0 bridgehead atoms. The third kappa shape index (κ3) is 3.66. The molecule has 0 aliphatic heterocycles. The first-order valence-electron chi connectivity index (χ1n) is 7.93. The normalized spacial score (nSPS) is 11.6. The molecule has 134 valence electrons. The van der Waals surface area contributed by atoms with Gasteiger partial charge >= 0.3 is 6.18 Å². The maximum absolute atomic E-state index is 13.0. The van der Waals surface area contributed by atoms with Crippen LogP contribution >= 0.6 is 0 Å². The number of carbonyl (C=O) groups excluding carboxylic acids is 1. The molecule has 0 spiro atoms. The molecule has 7 heteroatoms. The van der Waals surface area contributed by atoms with E-state index in [-0.39, 0.29) is 12.1 Å². The van der Waals surface area contributed by atoms with Gasteiger partial charge in [0.25, 0.3) is 5.91 Å². The number of nitrogens with one attached hydrogen (secondary N) is 1. The Hall–Kier alpha value is -2.96. The Morgan fingerprint density at radius 3 is 2.65 bits per heavy atom. The molecule has 2 heterocycles. The zero-order valence-electron chi connectivity index (χ0n) is 14.2. The van der Waals surface area contributed by atoms with E-state index in [0.717, 1.165) is 11.5 Å². The summed E-state index contributed by atoms with van der Waals surface area (Å²) in [5.74, 6) is -0.394. The van der Waals surface area contributed by atoms with E-state index in [1.165, 1.54) is 13.0 Å². The number of carbonyl (C=O) groups is 1. The smallest absolute Gasteiger partial charge is 0.348 e. The topological polar surface area (TPSA) is 54.9 Å². The zero-order chi connectivity index (χ0) is 18.9. The van der Waals surface area contributed by atoms with E-state index < -0.39 is 17.6 Å². The summed E-state index contributed by atoms with van der Waals surface area (Å²) in [5.41, 5.74) is 1.25. The highest BCUT2D eigenvalue weighted by Crippen LogP contribution is 2.32. The fraction of sp³-hybridized carbons (Fsp3) is 0.211. The Balaban J connectivity index is 1.80. The standard InChI is InChI=1S/C19H16F3N3O/c1-11-5-6-13(8-16(11)19(20,21)22)10-24-18(26)15-9-14-4-3-7-23-17(14)25-12(15)2/h3-9H,10H2,1-2H3,(H,24,26). The number of hydrogen-bond donors (Lipinski definition) is 1. The van der Waals surface area contributed by atoms with Gasteiger partial charge < -0.3 is 5.32 Å². The first-order chi connectivity index (χ1) is 12.3. The van der Waals surface area contributed by atoms with Crippen LogP contribution in [0, 0.1) is 13.8 Å². The first kappa shape index (κ1) is 17.8. The van der Waals surface area contributed by atoms with Crippen LogP contribution < -0.4 is 5.32 Å². The highest BCUT2D eigenvalue weighted by Gasteiger charge is 2.32. The lowest BCUT2D eigenvalue weighted by Crippen LogP contribution is -2.24. The summed E-state index contributed by atoms with van der Waals surface area (Å²) in [5, 5.41) is 3.37. The molecule has 4 nitrogen and oxygen atoms in total. The summed E-state index contributed by atoms with van der Waals surface area (Å²) in [7, 11) is 0. The summed E-state index contributed by atoms with van der Waals surface area (Å²) in [6, 6.07) is 9.24. The van der Waals surface area contributed by atoms with Crippen LogP contribution in [0.5, 0.6) is 0 Å². The van der Waals surface area contributed by atoms with E-state index in [2.05, 4.69) is 15.3 Å². The zero-order valence-corrected chi connectivity index (χ0v) is 14.2. The van der Waals surface area contributed by atoms with Crippen molar-refractivity contribution in [3.8, 4) is 0 Å². The van der Waals surface area contributed by atoms with Crippen molar-refractivity contribution in [1.82, 2.24) is 15.3 Å². The van der Waals surface area contributed by atoms with Crippen LogP contribution in [0.25, 0.3) is 11.0 Å². The molecule has 0 unspecified atom stereocenters. The SMILES string of the molecule is Cc1ccc(CNC(=O)c2cc3cccnc3nc2C)cc1C(F)(F)F. The van der Waals surface area contributed by atoms with E-state index in [0.29, 0.717) is 22.5 Å². The lowest BCUT2D eigenvalue weighted by atomic mass is 10.0. The number of rotatable bonds is 3. The van der Waals surface area contributed by atoms with Gasteiger partial charge in [-0.3, -0.25) is 4.79 Å². The number of alkyl halides is 3. The van der Waals surface area contributed by atoms with Gasteiger partial charge in [-0.25, -0.2) is 9.97 Å². The molecule has 0 saturated heterocycles. The second kappa shape index (κ2) is 6.74. The number of aromatic nitrogens is 2. The summed E-state index contributed by atoms with van der Waals surface area (Å²) in [4.78, 5) is 20.9. The highest BCUT2D eigenvalue weighted by molar-refractivity contribution is 5.98. The second-order valence-electron chi connectivity index (χ2n) is 6.00. The van der Waals surface area contributed by atoms with Crippen LogP contribution in [0.15, 0.2) is 42.6 Å². The van der Waals surface area contributed by atoms with Gasteiger partial charge in [-0.15, -0.1) is 0 Å². The third-order valence-electron chi connectivity index (χ3n) is 4.09. The summed E-state index contributed by atoms with van der Waals surface area (Å²) >= 11 is 0. The molecule has 0 radical (unpaired) electrons. The Labute approximate surface area is 148 Å². The average Bonchev–Trinajstić information content (AvgIpc) is 2.59. The van der Waals surface area contributed by atoms with Gasteiger partial charge in [0.1, 0.15) is 0 Å². The molecular formula is C19H16F3N3O. The molecule has 0 aliphatic carbocycles. The van der Waals surface area contributed by atoms with Crippen molar-refractivity contribution in [2.24, 2.45) is 0 Å². The number of benzene rings is 1. The van der Waals surface area contributed by atoms with Gasteiger partial charge in [-0.1, -0.05) is 12.1 Å². The second-order valence-corrected chi connectivity index (χ2v) is 6.00. The Bertz CT molecular complexity index is 983. The van der Waals surface area contributed by atoms with Crippen molar-refractivity contribution >= 4 is 16.9 Å². The van der Waals surface area contributed by atoms with Crippen LogP contribution in [-0.2, 0) is 12.7 Å². The fourth-order valence-electron chi connectivity index (χ4n) is 2.69. The molecule has 0 aliphatic rings. The van der Waals surface area contributed by atoms with Gasteiger partial charge in [0.05, 0.1) is 16.8 Å². The van der Waals surface area contributed by atoms with Gasteiger partial charge in [0.15, 0.2) is 5.65 Å². The molecule has 1 aromatic carbocycles. The Morgan fingerprint density at radius 2 is 1.92 bits per heavy atom. The van der Waals surface area contributed by atoms with E-state index in [1.54, 1.807) is 37.4 Å². The average molecular weight is 359 g/mol. The van der Waals surface area contributed by atoms with E-state index in [1.807, 2.05) is 0 Å². The highest BCUT2D eigenvalue weighted by atomic mass is 19.4. The number of fused-ring (bicyclic) bond motifs is 1. The van der Waals surface area contributed by atoms with Crippen molar-refractivity contribution in [2.75, 3.05) is 0 Å². The molecule has 3 rings (SSSR count). The molecule has 0 atom stereocenters. The van der Waals surface area contributed by atoms with Gasteiger partial charge in [0.2, 0.25) is 0 Å². The minimum absolute atomic E-state index is 0.00723. The number of hydrogen-bond acceptors (Lipinski definition) is 3. The molecule has 26 heavy (non-hydrogen) atoms. The maximum atomic E-state index is 13.0. The third-order valence-corrected chi connectivity index (χ3v) is 4.09. The predicted octanol–water partition coefficient (Wildman–Crippen LogP) is 4.20. The largest absolute Gasteiger partial charge is 0.416 e. The van der Waals surface area contributed by atoms with Gasteiger partial charge in [-0.2, -0.15) is 13.2 Å². The first-order valence-corrected chi connectivity index (χ1v) is 7.93. The predicted molar refractivity (Wildman–Crippen MR) is 91.6 cm³/mol. The van der Waals surface area contributed by atoms with E-state index >= 15 is 0 Å². The van der Waals surface area contributed by atoms with E-state index in [9.17, 15) is 18.0 Å². The molecule has 0 saturated carbocycles. The quantitative estimate of drug-likeness (QED) is 0.763. The summed E-state index contributed by atoms with van der Waals surface area (Å²) in [6.45, 7) is 3.09. The van der Waals surface area contributed by atoms with Crippen molar-refractivity contribution in [3.63, 3.8) is 0 Å². The van der Waals surface area contributed by atoms with Crippen molar-refractivity contribution in [3.05, 3.63) is 70.5 Å². The van der Waals surface area contributed by atoms with Crippen molar-refractivity contribution < 1.29 is 18.0 Å². The Kier molecular flexibility index (Phi) is 4.63. The van der Waals surface area contributed by atoms with Crippen molar-refractivity contribution in [2.45, 2.75) is 26.6 Å². The number of aryl methyl sites for hydroxylation is 2. The Morgan fingerprint density at radius 1 is 1.15 bits per heavy atom. The van der Waals surface area contributed by atoms with Crippen LogP contribution in [-0.4, -0.2) is 15.9 Å². The van der Waals surface area contributed by atoms with E-state index in [4.69, 9.17) is 0 Å². The summed E-state index contributed by atoms with van der Waals surface area (Å²) in [6.07, 6.45) is -2.81. The molecule has 0 fully saturated rings. The lowest BCUT2D eigenvalue weighted by molar-refractivity contribution is -0.138. The minimum Gasteiger partial charge on any atom is -0.348 e. The maximum Gasteiger partial charge on any atom is 0.416 e. The summed E-state index contributed by atoms with van der Waals surface area (Å²) < 4.78 is 39.0. The molecule has 1 N–H and O–H groups in total. The monoisotopic (exact) mass is 359 g/mol. The molecule has 3 aromatic rings. The number of pyridine rings is 2.